The Morgan fingerprint density at radius 2 is 2.21 bits per heavy atom. The van der Waals surface area contributed by atoms with E-state index >= 15 is 0 Å². The molecule has 5 heteroatoms. The van der Waals surface area contributed by atoms with Crippen molar-refractivity contribution in [3.63, 3.8) is 0 Å². The number of nitrogens with zero attached hydrogens (tertiary/aromatic N) is 3. The maximum Gasteiger partial charge on any atom is 0.220 e. The molecule has 0 saturated heterocycles. The van der Waals surface area contributed by atoms with Gasteiger partial charge in [0.05, 0.1) is 5.69 Å². The van der Waals surface area contributed by atoms with Gasteiger partial charge in [0.15, 0.2) is 0 Å². The molecule has 2 aromatic rings. The molecular formula is C19H26N4O. The highest BCUT2D eigenvalue weighted by Crippen LogP contribution is 2.24. The SMILES string of the molecule is CC(C)(C)c1cn2c(n1)CC[C@@H](NC(=O)CCc1ccccn1)C2. The monoisotopic (exact) mass is 326 g/mol. The standard InChI is InChI=1S/C19H26N4O/c1-19(2,3)16-13-23-12-15(7-9-17(23)22-16)21-18(24)10-8-14-6-4-5-11-20-14/h4-6,11,13,15H,7-10,12H2,1-3H3,(H,21,24)/t15-/m1/s1. The van der Waals surface area contributed by atoms with E-state index in [1.807, 2.05) is 18.2 Å². The molecule has 0 saturated carbocycles. The second kappa shape index (κ2) is 6.75. The van der Waals surface area contributed by atoms with Crippen LogP contribution in [0.25, 0.3) is 0 Å². The van der Waals surface area contributed by atoms with Gasteiger partial charge in [-0.15, -0.1) is 0 Å². The van der Waals surface area contributed by atoms with Crippen LogP contribution in [0.1, 0.15) is 50.8 Å². The molecule has 1 amide bonds. The van der Waals surface area contributed by atoms with Crippen molar-refractivity contribution in [2.24, 2.45) is 0 Å². The van der Waals surface area contributed by atoms with Crippen molar-refractivity contribution in [2.45, 2.75) is 64.5 Å². The molecule has 0 radical (unpaired) electrons. The zero-order valence-electron chi connectivity index (χ0n) is 14.7. The van der Waals surface area contributed by atoms with Gasteiger partial charge in [0.25, 0.3) is 0 Å². The van der Waals surface area contributed by atoms with Crippen LogP contribution < -0.4 is 5.32 Å². The lowest BCUT2D eigenvalue weighted by molar-refractivity contribution is -0.122. The molecule has 2 aromatic heterocycles. The first-order chi connectivity index (χ1) is 11.4. The molecular weight excluding hydrogens is 300 g/mol. The second-order valence-corrected chi connectivity index (χ2v) is 7.57. The Labute approximate surface area is 143 Å². The van der Waals surface area contributed by atoms with Crippen LogP contribution in [0.4, 0.5) is 0 Å². The number of hydrogen-bond donors (Lipinski definition) is 1. The third kappa shape index (κ3) is 4.02. The summed E-state index contributed by atoms with van der Waals surface area (Å²) < 4.78 is 2.20. The Bertz CT molecular complexity index is 700. The predicted octanol–water partition coefficient (Wildman–Crippen LogP) is 2.64. The number of imidazole rings is 1. The van der Waals surface area contributed by atoms with Crippen molar-refractivity contribution in [3.8, 4) is 0 Å². The lowest BCUT2D eigenvalue weighted by Gasteiger charge is -2.24. The third-order valence-electron chi connectivity index (χ3n) is 4.46. The number of aromatic nitrogens is 3. The van der Waals surface area contributed by atoms with Gasteiger partial charge in [-0.05, 0) is 25.0 Å². The highest BCUT2D eigenvalue weighted by molar-refractivity contribution is 5.76. The fourth-order valence-electron chi connectivity index (χ4n) is 3.01. The van der Waals surface area contributed by atoms with E-state index in [4.69, 9.17) is 4.98 Å². The van der Waals surface area contributed by atoms with Gasteiger partial charge in [-0.3, -0.25) is 9.78 Å². The minimum atomic E-state index is 0.0613. The maximum absolute atomic E-state index is 12.2. The number of amides is 1. The Hall–Kier alpha value is -2.17. The van der Waals surface area contributed by atoms with Crippen LogP contribution in [-0.2, 0) is 29.6 Å². The van der Waals surface area contributed by atoms with Gasteiger partial charge in [-0.1, -0.05) is 26.8 Å². The fourth-order valence-corrected chi connectivity index (χ4v) is 3.01. The molecule has 128 valence electrons. The molecule has 1 atom stereocenters. The number of rotatable bonds is 4. The van der Waals surface area contributed by atoms with Crippen molar-refractivity contribution < 1.29 is 4.79 Å². The summed E-state index contributed by atoms with van der Waals surface area (Å²) >= 11 is 0. The highest BCUT2D eigenvalue weighted by Gasteiger charge is 2.25. The van der Waals surface area contributed by atoms with Crippen LogP contribution in [-0.4, -0.2) is 26.5 Å². The van der Waals surface area contributed by atoms with Gasteiger partial charge in [0, 0.05) is 48.9 Å². The molecule has 1 aliphatic heterocycles. The maximum atomic E-state index is 12.2. The molecule has 0 bridgehead atoms. The number of pyridine rings is 1. The molecule has 0 spiro atoms. The van der Waals surface area contributed by atoms with E-state index in [1.165, 1.54) is 0 Å². The largest absolute Gasteiger partial charge is 0.352 e. The van der Waals surface area contributed by atoms with E-state index in [0.717, 1.165) is 36.6 Å². The van der Waals surface area contributed by atoms with Gasteiger partial charge in [-0.25, -0.2) is 4.98 Å². The average Bonchev–Trinajstić information content (AvgIpc) is 2.97. The summed E-state index contributed by atoms with van der Waals surface area (Å²) in [6, 6.07) is 5.99. The fraction of sp³-hybridized carbons (Fsp3) is 0.526. The molecule has 1 aliphatic rings. The van der Waals surface area contributed by atoms with E-state index in [1.54, 1.807) is 6.20 Å². The van der Waals surface area contributed by atoms with Crippen LogP contribution in [0.5, 0.6) is 0 Å². The Balaban J connectivity index is 1.54. The first-order valence-electron chi connectivity index (χ1n) is 8.67. The molecule has 5 nitrogen and oxygen atoms in total. The van der Waals surface area contributed by atoms with Gasteiger partial charge in [0.2, 0.25) is 5.91 Å². The minimum absolute atomic E-state index is 0.0613. The molecule has 3 rings (SSSR count). The minimum Gasteiger partial charge on any atom is -0.352 e. The van der Waals surface area contributed by atoms with E-state index in [0.29, 0.717) is 12.8 Å². The lowest BCUT2D eigenvalue weighted by Crippen LogP contribution is -2.41. The molecule has 3 heterocycles. The molecule has 0 aromatic carbocycles. The van der Waals surface area contributed by atoms with Crippen LogP contribution in [0.3, 0.4) is 0 Å². The quantitative estimate of drug-likeness (QED) is 0.939. The van der Waals surface area contributed by atoms with Crippen LogP contribution >= 0.6 is 0 Å². The number of nitrogens with one attached hydrogen (secondary N) is 1. The number of carbonyl (C=O) groups is 1. The normalized spacial score (nSPS) is 17.4. The average molecular weight is 326 g/mol. The van der Waals surface area contributed by atoms with Crippen molar-refractivity contribution in [1.29, 1.82) is 0 Å². The highest BCUT2D eigenvalue weighted by atomic mass is 16.1. The second-order valence-electron chi connectivity index (χ2n) is 7.57. The van der Waals surface area contributed by atoms with Crippen molar-refractivity contribution in [2.75, 3.05) is 0 Å². The summed E-state index contributed by atoms with van der Waals surface area (Å²) in [5.74, 6) is 1.24. The molecule has 0 unspecified atom stereocenters. The Kier molecular flexibility index (Phi) is 4.69. The van der Waals surface area contributed by atoms with E-state index in [-0.39, 0.29) is 17.4 Å². The van der Waals surface area contributed by atoms with Gasteiger partial charge in [-0.2, -0.15) is 0 Å². The molecule has 0 fully saturated rings. The Morgan fingerprint density at radius 1 is 1.38 bits per heavy atom. The zero-order chi connectivity index (χ0) is 17.2. The summed E-state index contributed by atoms with van der Waals surface area (Å²) in [7, 11) is 0. The zero-order valence-corrected chi connectivity index (χ0v) is 14.7. The van der Waals surface area contributed by atoms with E-state index < -0.39 is 0 Å². The van der Waals surface area contributed by atoms with Crippen molar-refractivity contribution >= 4 is 5.91 Å². The van der Waals surface area contributed by atoms with Crippen molar-refractivity contribution in [3.05, 3.63) is 47.8 Å². The first-order valence-corrected chi connectivity index (χ1v) is 8.67. The summed E-state index contributed by atoms with van der Waals surface area (Å²) in [5.41, 5.74) is 2.15. The van der Waals surface area contributed by atoms with Crippen molar-refractivity contribution in [1.82, 2.24) is 19.9 Å². The first kappa shape index (κ1) is 16.7. The summed E-state index contributed by atoms with van der Waals surface area (Å²) in [6.45, 7) is 7.35. The van der Waals surface area contributed by atoms with Crippen LogP contribution in [0.2, 0.25) is 0 Å². The number of hydrogen-bond acceptors (Lipinski definition) is 3. The number of carbonyl (C=O) groups excluding carboxylic acids is 1. The molecule has 1 N–H and O–H groups in total. The van der Waals surface area contributed by atoms with Gasteiger partial charge in [0.1, 0.15) is 5.82 Å². The predicted molar refractivity (Wildman–Crippen MR) is 93.7 cm³/mol. The van der Waals surface area contributed by atoms with E-state index in [2.05, 4.69) is 41.8 Å². The smallest absolute Gasteiger partial charge is 0.220 e. The lowest BCUT2D eigenvalue weighted by atomic mass is 9.93. The summed E-state index contributed by atoms with van der Waals surface area (Å²) in [5, 5.41) is 3.16. The van der Waals surface area contributed by atoms with Crippen LogP contribution in [0.15, 0.2) is 30.6 Å². The Morgan fingerprint density at radius 3 is 2.92 bits per heavy atom. The summed E-state index contributed by atoms with van der Waals surface area (Å²) in [6.07, 6.45) is 6.95. The van der Waals surface area contributed by atoms with Gasteiger partial charge < -0.3 is 9.88 Å². The molecule has 24 heavy (non-hydrogen) atoms. The van der Waals surface area contributed by atoms with Gasteiger partial charge >= 0.3 is 0 Å². The number of aryl methyl sites for hydroxylation is 2. The van der Waals surface area contributed by atoms with Crippen LogP contribution in [0, 0.1) is 0 Å². The topological polar surface area (TPSA) is 59.8 Å². The van der Waals surface area contributed by atoms with E-state index in [9.17, 15) is 4.79 Å². The number of fused-ring (bicyclic) bond motifs is 1. The molecule has 0 aliphatic carbocycles. The summed E-state index contributed by atoms with van der Waals surface area (Å²) in [4.78, 5) is 21.2. The third-order valence-corrected chi connectivity index (χ3v) is 4.46.